The maximum absolute atomic E-state index is 5.56. The van der Waals surface area contributed by atoms with Crippen LogP contribution in [-0.2, 0) is 0 Å². The summed E-state index contributed by atoms with van der Waals surface area (Å²) in [5.74, 6) is 4.14. The van der Waals surface area contributed by atoms with E-state index in [1.807, 2.05) is 6.07 Å². The van der Waals surface area contributed by atoms with E-state index in [2.05, 4.69) is 37.1 Å². The number of ether oxygens (including phenoxy) is 2. The fraction of sp³-hybridized carbons (Fsp3) is 0.214. The topological polar surface area (TPSA) is 64.4 Å². The Morgan fingerprint density at radius 2 is 2.36 bits per heavy atom. The summed E-state index contributed by atoms with van der Waals surface area (Å²) in [6, 6.07) is 3.63. The number of aryl methyl sites for hydroxylation is 1. The third kappa shape index (κ3) is 3.55. The van der Waals surface area contributed by atoms with Crippen molar-refractivity contribution in [3.63, 3.8) is 0 Å². The largest absolute Gasteiger partial charge is 0.493 e. The number of hydrogen-bond acceptors (Lipinski definition) is 5. The third-order valence-electron chi connectivity index (χ3n) is 2.69. The van der Waals surface area contributed by atoms with Crippen LogP contribution < -0.4 is 9.47 Å². The average molecular weight is 381 g/mol. The molecule has 0 atom stereocenters. The van der Waals surface area contributed by atoms with Gasteiger partial charge in [-0.15, -0.1) is 6.42 Å². The molecular weight excluding hydrogens is 368 g/mol. The predicted octanol–water partition coefficient (Wildman–Crippen LogP) is 2.91. The van der Waals surface area contributed by atoms with Crippen LogP contribution in [-0.4, -0.2) is 34.8 Å². The Labute approximate surface area is 141 Å². The summed E-state index contributed by atoms with van der Waals surface area (Å²) in [5.41, 5.74) is 0.698. The van der Waals surface area contributed by atoms with Crippen LogP contribution in [0.5, 0.6) is 11.5 Å². The molecule has 0 aliphatic heterocycles. The maximum atomic E-state index is 5.56. The van der Waals surface area contributed by atoms with Crippen LogP contribution in [0.4, 0.5) is 0 Å². The molecule has 0 amide bonds. The third-order valence-corrected chi connectivity index (χ3v) is 3.41. The van der Waals surface area contributed by atoms with Crippen molar-refractivity contribution in [3.05, 3.63) is 32.8 Å². The lowest BCUT2D eigenvalue weighted by Crippen LogP contribution is -2.02. The first-order chi connectivity index (χ1) is 10.6. The molecule has 6 nitrogen and oxygen atoms in total. The molecule has 1 aromatic heterocycles. The molecule has 0 saturated heterocycles. The zero-order chi connectivity index (χ0) is 16.1. The SMILES string of the molecule is C#CCOc1c(/C=N\n2c(C)n[nH]c2=S)cc(Br)cc1OC. The molecule has 0 bridgehead atoms. The average Bonchev–Trinajstić information content (AvgIpc) is 2.82. The van der Waals surface area contributed by atoms with Crippen LogP contribution in [0.15, 0.2) is 21.7 Å². The number of hydrogen-bond donors (Lipinski definition) is 1. The molecule has 1 aromatic carbocycles. The molecule has 114 valence electrons. The summed E-state index contributed by atoms with van der Waals surface area (Å²) in [5, 5.41) is 11.0. The summed E-state index contributed by atoms with van der Waals surface area (Å²) >= 11 is 8.53. The number of H-pyrrole nitrogens is 1. The first-order valence-electron chi connectivity index (χ1n) is 6.19. The van der Waals surface area contributed by atoms with Gasteiger partial charge in [0.2, 0.25) is 4.77 Å². The summed E-state index contributed by atoms with van der Waals surface area (Å²) in [7, 11) is 1.56. The van der Waals surface area contributed by atoms with E-state index >= 15 is 0 Å². The van der Waals surface area contributed by atoms with Gasteiger partial charge in [0.25, 0.3) is 0 Å². The molecule has 0 fully saturated rings. The highest BCUT2D eigenvalue weighted by molar-refractivity contribution is 9.10. The highest BCUT2D eigenvalue weighted by atomic mass is 79.9. The van der Waals surface area contributed by atoms with Gasteiger partial charge in [-0.25, -0.2) is 0 Å². The monoisotopic (exact) mass is 380 g/mol. The van der Waals surface area contributed by atoms with Crippen molar-refractivity contribution in [2.75, 3.05) is 13.7 Å². The van der Waals surface area contributed by atoms with Crippen molar-refractivity contribution >= 4 is 34.4 Å². The Bertz CT molecular complexity index is 804. The molecule has 22 heavy (non-hydrogen) atoms. The predicted molar refractivity (Wildman–Crippen MR) is 90.2 cm³/mol. The molecule has 2 aromatic rings. The number of nitrogens with zero attached hydrogens (tertiary/aromatic N) is 3. The van der Waals surface area contributed by atoms with Crippen LogP contribution in [0, 0.1) is 24.0 Å². The van der Waals surface area contributed by atoms with Gasteiger partial charge in [-0.05, 0) is 31.3 Å². The lowest BCUT2D eigenvalue weighted by Gasteiger charge is -2.12. The fourth-order valence-electron chi connectivity index (χ4n) is 1.73. The lowest BCUT2D eigenvalue weighted by molar-refractivity contribution is 0.330. The minimum atomic E-state index is 0.128. The van der Waals surface area contributed by atoms with E-state index in [-0.39, 0.29) is 6.61 Å². The molecule has 2 rings (SSSR count). The smallest absolute Gasteiger partial charge is 0.216 e. The van der Waals surface area contributed by atoms with E-state index in [0.717, 1.165) is 4.47 Å². The molecule has 0 radical (unpaired) electrons. The fourth-order valence-corrected chi connectivity index (χ4v) is 2.41. The molecular formula is C14H13BrN4O2S. The van der Waals surface area contributed by atoms with Crippen LogP contribution in [0.2, 0.25) is 0 Å². The molecule has 0 spiro atoms. The van der Waals surface area contributed by atoms with Gasteiger partial charge in [0.15, 0.2) is 11.5 Å². The maximum Gasteiger partial charge on any atom is 0.216 e. The number of nitrogens with one attached hydrogen (secondary N) is 1. The second-order valence-corrected chi connectivity index (χ2v) is 5.45. The summed E-state index contributed by atoms with van der Waals surface area (Å²) < 4.78 is 13.6. The van der Waals surface area contributed by atoms with E-state index < -0.39 is 0 Å². The molecule has 0 aliphatic carbocycles. The summed E-state index contributed by atoms with van der Waals surface area (Å²) in [6.07, 6.45) is 6.86. The van der Waals surface area contributed by atoms with Gasteiger partial charge < -0.3 is 9.47 Å². The van der Waals surface area contributed by atoms with Crippen molar-refractivity contribution in [2.24, 2.45) is 5.10 Å². The van der Waals surface area contributed by atoms with Crippen molar-refractivity contribution in [1.82, 2.24) is 14.9 Å². The second-order valence-electron chi connectivity index (χ2n) is 4.15. The quantitative estimate of drug-likeness (QED) is 0.492. The normalized spacial score (nSPS) is 10.6. The summed E-state index contributed by atoms with van der Waals surface area (Å²) in [6.45, 7) is 1.92. The van der Waals surface area contributed by atoms with Crippen molar-refractivity contribution in [1.29, 1.82) is 0 Å². The Morgan fingerprint density at radius 1 is 1.59 bits per heavy atom. The van der Waals surface area contributed by atoms with E-state index in [4.69, 9.17) is 28.1 Å². The first kappa shape index (κ1) is 16.3. The van der Waals surface area contributed by atoms with Gasteiger partial charge in [-0.2, -0.15) is 14.9 Å². The summed E-state index contributed by atoms with van der Waals surface area (Å²) in [4.78, 5) is 0. The van der Waals surface area contributed by atoms with E-state index in [1.54, 1.807) is 26.3 Å². The highest BCUT2D eigenvalue weighted by Crippen LogP contribution is 2.34. The van der Waals surface area contributed by atoms with Gasteiger partial charge in [0.05, 0.1) is 13.3 Å². The Kier molecular flexibility index (Phi) is 5.35. The van der Waals surface area contributed by atoms with Crippen molar-refractivity contribution in [3.8, 4) is 23.8 Å². The van der Waals surface area contributed by atoms with Crippen molar-refractivity contribution < 1.29 is 9.47 Å². The number of rotatable bonds is 5. The Hall–Kier alpha value is -2.11. The van der Waals surface area contributed by atoms with Gasteiger partial charge in [-0.1, -0.05) is 21.9 Å². The van der Waals surface area contributed by atoms with E-state index in [9.17, 15) is 0 Å². The zero-order valence-electron chi connectivity index (χ0n) is 12.0. The van der Waals surface area contributed by atoms with E-state index in [0.29, 0.717) is 27.7 Å². The molecule has 0 unspecified atom stereocenters. The zero-order valence-corrected chi connectivity index (χ0v) is 14.4. The Morgan fingerprint density at radius 3 is 2.95 bits per heavy atom. The molecule has 0 saturated carbocycles. The van der Waals surface area contributed by atoms with Gasteiger partial charge in [0.1, 0.15) is 12.4 Å². The lowest BCUT2D eigenvalue weighted by atomic mass is 10.2. The van der Waals surface area contributed by atoms with Gasteiger partial charge in [0, 0.05) is 10.0 Å². The van der Waals surface area contributed by atoms with Gasteiger partial charge in [-0.3, -0.25) is 5.10 Å². The second kappa shape index (κ2) is 7.24. The highest BCUT2D eigenvalue weighted by Gasteiger charge is 2.11. The Balaban J connectivity index is 2.47. The van der Waals surface area contributed by atoms with Crippen LogP contribution in [0.1, 0.15) is 11.4 Å². The first-order valence-corrected chi connectivity index (χ1v) is 7.39. The molecule has 1 N–H and O–H groups in total. The van der Waals surface area contributed by atoms with Crippen LogP contribution in [0.25, 0.3) is 0 Å². The number of halogens is 1. The number of benzene rings is 1. The van der Waals surface area contributed by atoms with E-state index in [1.165, 1.54) is 4.68 Å². The molecule has 0 aliphatic rings. The minimum absolute atomic E-state index is 0.128. The van der Waals surface area contributed by atoms with Crippen molar-refractivity contribution in [2.45, 2.75) is 6.92 Å². The minimum Gasteiger partial charge on any atom is -0.493 e. The number of aromatic nitrogens is 3. The number of aromatic amines is 1. The molecule has 1 heterocycles. The standard InChI is InChI=1S/C14H13BrN4O2S/c1-4-5-21-13-10(6-11(15)7-12(13)20-3)8-16-19-9(2)17-18-14(19)22/h1,6-8H,5H2,2-3H3,(H,18,22)/b16-8-. The number of methoxy groups -OCH3 is 1. The molecule has 8 heteroatoms. The van der Waals surface area contributed by atoms with Gasteiger partial charge >= 0.3 is 0 Å². The van der Waals surface area contributed by atoms with Crippen LogP contribution in [0.3, 0.4) is 0 Å². The van der Waals surface area contributed by atoms with Crippen LogP contribution >= 0.6 is 28.1 Å². The number of terminal acetylenes is 1.